The molecule has 2 bridgehead atoms. The van der Waals surface area contributed by atoms with Gasteiger partial charge < -0.3 is 11.1 Å². The molecule has 4 N–H and O–H groups in total. The number of carbonyl (C=O) groups excluding carboxylic acids is 1. The minimum atomic E-state index is -3.50. The maximum atomic E-state index is 12.5. The zero-order chi connectivity index (χ0) is 16.6. The molecule has 0 aromatic carbocycles. The van der Waals surface area contributed by atoms with E-state index in [0.29, 0.717) is 16.7 Å². The molecule has 2 aliphatic rings. The normalized spacial score (nSPS) is 30.9. The fraction of sp³-hybridized carbons (Fsp3) is 0.667. The number of amides is 1. The van der Waals surface area contributed by atoms with Gasteiger partial charge in [0, 0.05) is 17.5 Å². The van der Waals surface area contributed by atoms with Crippen LogP contribution in [0.2, 0.25) is 0 Å². The lowest BCUT2D eigenvalue weighted by Crippen LogP contribution is -2.53. The summed E-state index contributed by atoms with van der Waals surface area (Å²) in [5.74, 6) is 0.716. The van der Waals surface area contributed by atoms with Gasteiger partial charge in [0.25, 0.3) is 5.91 Å². The van der Waals surface area contributed by atoms with Crippen molar-refractivity contribution in [2.45, 2.75) is 49.1 Å². The van der Waals surface area contributed by atoms with Gasteiger partial charge in [-0.3, -0.25) is 4.79 Å². The van der Waals surface area contributed by atoms with Gasteiger partial charge in [-0.25, -0.2) is 13.1 Å². The van der Waals surface area contributed by atoms with Crippen LogP contribution >= 0.6 is 11.3 Å². The molecule has 0 spiro atoms. The molecule has 0 saturated heterocycles. The lowest BCUT2D eigenvalue weighted by Gasteiger charge is -2.45. The predicted octanol–water partition coefficient (Wildman–Crippen LogP) is 1.29. The Kier molecular flexibility index (Phi) is 4.78. The zero-order valence-electron chi connectivity index (χ0n) is 13.1. The van der Waals surface area contributed by atoms with Crippen LogP contribution in [0.25, 0.3) is 0 Å². The largest absolute Gasteiger partial charge is 0.348 e. The Balaban J connectivity index is 1.72. The van der Waals surface area contributed by atoms with Crippen molar-refractivity contribution in [3.63, 3.8) is 0 Å². The first-order valence-electron chi connectivity index (χ1n) is 7.99. The van der Waals surface area contributed by atoms with Gasteiger partial charge in [0.15, 0.2) is 0 Å². The van der Waals surface area contributed by atoms with Crippen LogP contribution < -0.4 is 15.8 Å². The summed E-state index contributed by atoms with van der Waals surface area (Å²) in [5.41, 5.74) is 6.11. The highest BCUT2D eigenvalue weighted by molar-refractivity contribution is 7.89. The van der Waals surface area contributed by atoms with Crippen molar-refractivity contribution >= 4 is 27.3 Å². The maximum Gasteiger partial charge on any atom is 0.261 e. The third-order valence-corrected chi connectivity index (χ3v) is 7.52. The van der Waals surface area contributed by atoms with Gasteiger partial charge in [0.1, 0.15) is 0 Å². The van der Waals surface area contributed by atoms with Crippen molar-refractivity contribution in [1.29, 1.82) is 0 Å². The topological polar surface area (TPSA) is 101 Å². The molecule has 2 atom stereocenters. The molecule has 3 rings (SSSR count). The third kappa shape index (κ3) is 3.45. The SMILES string of the molecule is CNS(=O)(=O)c1csc(C(=O)NC2C3CCCC2CC(N)C3)c1. The van der Waals surface area contributed by atoms with Crippen molar-refractivity contribution in [3.8, 4) is 0 Å². The van der Waals surface area contributed by atoms with E-state index in [1.165, 1.54) is 24.9 Å². The van der Waals surface area contributed by atoms with E-state index >= 15 is 0 Å². The van der Waals surface area contributed by atoms with Gasteiger partial charge in [0.05, 0.1) is 9.77 Å². The average Bonchev–Trinajstić information content (AvgIpc) is 2.99. The van der Waals surface area contributed by atoms with Gasteiger partial charge in [-0.05, 0) is 50.6 Å². The number of sulfonamides is 1. The molecule has 1 aromatic heterocycles. The van der Waals surface area contributed by atoms with E-state index in [1.54, 1.807) is 0 Å². The molecular formula is C15H23N3O3S2. The standard InChI is InChI=1S/C15H23N3O3S2/c1-17-23(20,21)12-7-13(22-8-12)15(19)18-14-9-3-2-4-10(14)6-11(16)5-9/h7-11,14,17H,2-6,16H2,1H3,(H,18,19). The van der Waals surface area contributed by atoms with Crippen molar-refractivity contribution < 1.29 is 13.2 Å². The van der Waals surface area contributed by atoms with E-state index in [9.17, 15) is 13.2 Å². The molecule has 128 valence electrons. The number of rotatable bonds is 4. The molecular weight excluding hydrogens is 334 g/mol. The summed E-state index contributed by atoms with van der Waals surface area (Å²) < 4.78 is 25.8. The first-order chi connectivity index (χ1) is 10.9. The minimum absolute atomic E-state index is 0.140. The molecule has 6 nitrogen and oxygen atoms in total. The van der Waals surface area contributed by atoms with Crippen LogP contribution in [0, 0.1) is 11.8 Å². The number of nitrogens with one attached hydrogen (secondary N) is 2. The summed E-state index contributed by atoms with van der Waals surface area (Å²) in [6.07, 6.45) is 5.35. The quantitative estimate of drug-likeness (QED) is 0.756. The van der Waals surface area contributed by atoms with Crippen LogP contribution in [0.1, 0.15) is 41.8 Å². The Hall–Kier alpha value is -0.960. The smallest absolute Gasteiger partial charge is 0.261 e. The average molecular weight is 358 g/mol. The second-order valence-corrected chi connectivity index (χ2v) is 9.33. The summed E-state index contributed by atoms with van der Waals surface area (Å²) in [4.78, 5) is 13.1. The van der Waals surface area contributed by atoms with Gasteiger partial charge in [-0.2, -0.15) is 0 Å². The third-order valence-electron chi connectivity index (χ3n) is 5.05. The van der Waals surface area contributed by atoms with Gasteiger partial charge in [0.2, 0.25) is 10.0 Å². The van der Waals surface area contributed by atoms with Crippen LogP contribution in [0.5, 0.6) is 0 Å². The zero-order valence-corrected chi connectivity index (χ0v) is 14.8. The van der Waals surface area contributed by atoms with Gasteiger partial charge >= 0.3 is 0 Å². The lowest BCUT2D eigenvalue weighted by molar-refractivity contribution is 0.0759. The molecule has 1 heterocycles. The van der Waals surface area contributed by atoms with E-state index in [1.807, 2.05) is 0 Å². The van der Waals surface area contributed by atoms with Crippen LogP contribution in [-0.2, 0) is 10.0 Å². The summed E-state index contributed by atoms with van der Waals surface area (Å²) >= 11 is 1.16. The fourth-order valence-electron chi connectivity index (χ4n) is 3.94. The van der Waals surface area contributed by atoms with E-state index in [2.05, 4.69) is 10.0 Å². The van der Waals surface area contributed by atoms with E-state index in [0.717, 1.165) is 37.0 Å². The number of hydrogen-bond acceptors (Lipinski definition) is 5. The minimum Gasteiger partial charge on any atom is -0.348 e. The highest BCUT2D eigenvalue weighted by Gasteiger charge is 2.40. The molecule has 1 amide bonds. The molecule has 0 radical (unpaired) electrons. The van der Waals surface area contributed by atoms with E-state index in [-0.39, 0.29) is 22.9 Å². The Morgan fingerprint density at radius 3 is 2.57 bits per heavy atom. The number of fused-ring (bicyclic) bond motifs is 2. The van der Waals surface area contributed by atoms with Crippen LogP contribution in [0.4, 0.5) is 0 Å². The predicted molar refractivity (Wildman–Crippen MR) is 89.9 cm³/mol. The Morgan fingerprint density at radius 2 is 1.96 bits per heavy atom. The maximum absolute atomic E-state index is 12.5. The first-order valence-corrected chi connectivity index (χ1v) is 10.4. The number of carbonyl (C=O) groups is 1. The molecule has 23 heavy (non-hydrogen) atoms. The molecule has 2 fully saturated rings. The summed E-state index contributed by atoms with van der Waals surface area (Å²) in [6, 6.07) is 1.85. The fourth-order valence-corrected chi connectivity index (χ4v) is 5.85. The van der Waals surface area contributed by atoms with Crippen LogP contribution in [-0.4, -0.2) is 33.5 Å². The second-order valence-electron chi connectivity index (χ2n) is 6.54. The molecule has 2 saturated carbocycles. The highest BCUT2D eigenvalue weighted by atomic mass is 32.2. The van der Waals surface area contributed by atoms with Crippen LogP contribution in [0.15, 0.2) is 16.3 Å². The second kappa shape index (κ2) is 6.51. The van der Waals surface area contributed by atoms with Crippen molar-refractivity contribution in [2.24, 2.45) is 17.6 Å². The summed E-state index contributed by atoms with van der Waals surface area (Å²) in [6.45, 7) is 0. The lowest BCUT2D eigenvalue weighted by atomic mass is 9.67. The molecule has 2 aliphatic carbocycles. The molecule has 8 heteroatoms. The van der Waals surface area contributed by atoms with Crippen molar-refractivity contribution in [3.05, 3.63) is 16.3 Å². The van der Waals surface area contributed by atoms with Crippen molar-refractivity contribution in [2.75, 3.05) is 7.05 Å². The summed E-state index contributed by atoms with van der Waals surface area (Å²) in [7, 11) is -2.14. The van der Waals surface area contributed by atoms with E-state index < -0.39 is 10.0 Å². The van der Waals surface area contributed by atoms with Crippen LogP contribution in [0.3, 0.4) is 0 Å². The number of thiophene rings is 1. The molecule has 0 aliphatic heterocycles. The molecule has 2 unspecified atom stereocenters. The van der Waals surface area contributed by atoms with Gasteiger partial charge in [-0.1, -0.05) is 6.42 Å². The first kappa shape index (κ1) is 16.9. The molecule has 1 aromatic rings. The number of hydrogen-bond donors (Lipinski definition) is 3. The van der Waals surface area contributed by atoms with Crippen molar-refractivity contribution in [1.82, 2.24) is 10.0 Å². The monoisotopic (exact) mass is 357 g/mol. The number of nitrogens with two attached hydrogens (primary N) is 1. The Labute approximate surface area is 140 Å². The van der Waals surface area contributed by atoms with Gasteiger partial charge in [-0.15, -0.1) is 11.3 Å². The Bertz CT molecular complexity index is 672. The highest BCUT2D eigenvalue weighted by Crippen LogP contribution is 2.39. The van der Waals surface area contributed by atoms with E-state index in [4.69, 9.17) is 5.73 Å². The summed E-state index contributed by atoms with van der Waals surface area (Å²) in [5, 5.41) is 4.64. The Morgan fingerprint density at radius 1 is 1.30 bits per heavy atom.